The van der Waals surface area contributed by atoms with Crippen LogP contribution < -0.4 is 15.5 Å². The van der Waals surface area contributed by atoms with Gasteiger partial charge in [-0.2, -0.15) is 0 Å². The zero-order valence-corrected chi connectivity index (χ0v) is 15.8. The fourth-order valence-corrected chi connectivity index (χ4v) is 2.82. The Hall–Kier alpha value is -1.95. The van der Waals surface area contributed by atoms with Crippen LogP contribution in [0.1, 0.15) is 20.8 Å². The molecule has 1 aromatic carbocycles. The van der Waals surface area contributed by atoms with E-state index >= 15 is 0 Å². The number of piperazine rings is 1. The Morgan fingerprint density at radius 2 is 1.84 bits per heavy atom. The van der Waals surface area contributed by atoms with Gasteiger partial charge in [-0.05, 0) is 31.0 Å². The van der Waals surface area contributed by atoms with Crippen molar-refractivity contribution in [1.29, 1.82) is 0 Å². The smallest absolute Gasteiger partial charge is 0.318 e. The molecule has 25 heavy (non-hydrogen) atoms. The minimum Gasteiger partial charge on any atom is -0.368 e. The third-order valence-corrected chi connectivity index (χ3v) is 4.39. The zero-order chi connectivity index (χ0) is 18.4. The van der Waals surface area contributed by atoms with Gasteiger partial charge in [0.2, 0.25) is 5.91 Å². The Morgan fingerprint density at radius 1 is 1.16 bits per heavy atom. The number of rotatable bonds is 5. The van der Waals surface area contributed by atoms with Crippen molar-refractivity contribution in [3.8, 4) is 0 Å². The molecule has 0 saturated carbocycles. The number of halogens is 1. The Balaban J connectivity index is 1.80. The van der Waals surface area contributed by atoms with E-state index in [2.05, 4.69) is 15.5 Å². The highest BCUT2D eigenvalue weighted by molar-refractivity contribution is 6.30. The minimum absolute atomic E-state index is 0.153. The van der Waals surface area contributed by atoms with Gasteiger partial charge in [0.25, 0.3) is 0 Å². The SMILES string of the molecule is CC(C)CNC(=O)[C@@H](C)NC(=O)N1CCN(c2cccc(Cl)c2)CC1. The molecule has 0 aromatic heterocycles. The quantitative estimate of drug-likeness (QED) is 0.840. The van der Waals surface area contributed by atoms with Crippen LogP contribution in [0.4, 0.5) is 10.5 Å². The van der Waals surface area contributed by atoms with Gasteiger partial charge in [-0.15, -0.1) is 0 Å². The van der Waals surface area contributed by atoms with E-state index in [-0.39, 0.29) is 11.9 Å². The van der Waals surface area contributed by atoms with E-state index in [1.807, 2.05) is 38.1 Å². The number of hydrogen-bond donors (Lipinski definition) is 2. The average Bonchev–Trinajstić information content (AvgIpc) is 2.59. The van der Waals surface area contributed by atoms with Gasteiger partial charge in [-0.25, -0.2) is 4.79 Å². The lowest BCUT2D eigenvalue weighted by molar-refractivity contribution is -0.122. The van der Waals surface area contributed by atoms with Crippen LogP contribution in [-0.4, -0.2) is 55.6 Å². The van der Waals surface area contributed by atoms with Gasteiger partial charge < -0.3 is 20.4 Å². The maximum Gasteiger partial charge on any atom is 0.318 e. The second-order valence-electron chi connectivity index (χ2n) is 6.76. The molecular formula is C18H27ClN4O2. The molecule has 2 rings (SSSR count). The number of nitrogens with zero attached hydrogens (tertiary/aromatic N) is 2. The lowest BCUT2D eigenvalue weighted by Gasteiger charge is -2.36. The molecule has 7 heteroatoms. The molecule has 1 aliphatic heterocycles. The highest BCUT2D eigenvalue weighted by atomic mass is 35.5. The van der Waals surface area contributed by atoms with Gasteiger partial charge in [0.05, 0.1) is 0 Å². The van der Waals surface area contributed by atoms with Gasteiger partial charge in [0.15, 0.2) is 0 Å². The molecule has 1 fully saturated rings. The molecule has 1 aliphatic rings. The normalized spacial score (nSPS) is 15.9. The highest BCUT2D eigenvalue weighted by Gasteiger charge is 2.24. The van der Waals surface area contributed by atoms with E-state index in [4.69, 9.17) is 11.6 Å². The van der Waals surface area contributed by atoms with Crippen molar-refractivity contribution >= 4 is 29.2 Å². The van der Waals surface area contributed by atoms with E-state index in [9.17, 15) is 9.59 Å². The molecular weight excluding hydrogens is 340 g/mol. The largest absolute Gasteiger partial charge is 0.368 e. The Bertz CT molecular complexity index is 600. The first-order chi connectivity index (χ1) is 11.9. The van der Waals surface area contributed by atoms with Crippen LogP contribution in [0.3, 0.4) is 0 Å². The van der Waals surface area contributed by atoms with Gasteiger partial charge >= 0.3 is 6.03 Å². The second-order valence-corrected chi connectivity index (χ2v) is 7.20. The van der Waals surface area contributed by atoms with E-state index < -0.39 is 6.04 Å². The van der Waals surface area contributed by atoms with Crippen LogP contribution in [0.5, 0.6) is 0 Å². The third-order valence-electron chi connectivity index (χ3n) is 4.16. The number of carbonyl (C=O) groups excluding carboxylic acids is 2. The molecule has 1 saturated heterocycles. The summed E-state index contributed by atoms with van der Waals surface area (Å²) in [6, 6.07) is 6.98. The molecule has 3 amide bonds. The summed E-state index contributed by atoms with van der Waals surface area (Å²) in [5.41, 5.74) is 1.06. The molecule has 0 radical (unpaired) electrons. The first-order valence-corrected chi connectivity index (χ1v) is 9.08. The van der Waals surface area contributed by atoms with E-state index in [1.165, 1.54) is 0 Å². The minimum atomic E-state index is -0.544. The van der Waals surface area contributed by atoms with Crippen molar-refractivity contribution in [2.24, 2.45) is 5.92 Å². The lowest BCUT2D eigenvalue weighted by Crippen LogP contribution is -2.55. The number of amides is 3. The molecule has 1 aromatic rings. The summed E-state index contributed by atoms with van der Waals surface area (Å²) < 4.78 is 0. The van der Waals surface area contributed by atoms with Crippen molar-refractivity contribution in [3.05, 3.63) is 29.3 Å². The zero-order valence-electron chi connectivity index (χ0n) is 15.1. The van der Waals surface area contributed by atoms with Crippen LogP contribution >= 0.6 is 11.6 Å². The molecule has 0 spiro atoms. The van der Waals surface area contributed by atoms with E-state index in [0.29, 0.717) is 30.6 Å². The second kappa shape index (κ2) is 8.94. The molecule has 1 heterocycles. The van der Waals surface area contributed by atoms with Crippen molar-refractivity contribution in [1.82, 2.24) is 15.5 Å². The standard InChI is InChI=1S/C18H27ClN4O2/c1-13(2)12-20-17(24)14(3)21-18(25)23-9-7-22(8-10-23)16-6-4-5-15(19)11-16/h4-6,11,13-14H,7-10,12H2,1-3H3,(H,20,24)(H,21,25)/t14-/m1/s1. The maximum absolute atomic E-state index is 12.3. The molecule has 0 unspecified atom stereocenters. The third kappa shape index (κ3) is 5.81. The first-order valence-electron chi connectivity index (χ1n) is 8.70. The predicted octanol–water partition coefficient (Wildman–Crippen LogP) is 2.33. The van der Waals surface area contributed by atoms with Crippen molar-refractivity contribution in [2.75, 3.05) is 37.6 Å². The number of benzene rings is 1. The summed E-state index contributed by atoms with van der Waals surface area (Å²) in [5, 5.41) is 6.31. The fourth-order valence-electron chi connectivity index (χ4n) is 2.64. The van der Waals surface area contributed by atoms with Gasteiger partial charge in [0, 0.05) is 43.4 Å². The van der Waals surface area contributed by atoms with Crippen LogP contribution in [0.15, 0.2) is 24.3 Å². The fraction of sp³-hybridized carbons (Fsp3) is 0.556. The van der Waals surface area contributed by atoms with Crippen LogP contribution in [0, 0.1) is 5.92 Å². The first kappa shape index (κ1) is 19.4. The van der Waals surface area contributed by atoms with Crippen molar-refractivity contribution in [3.63, 3.8) is 0 Å². The topological polar surface area (TPSA) is 64.7 Å². The van der Waals surface area contributed by atoms with Crippen molar-refractivity contribution < 1.29 is 9.59 Å². The van der Waals surface area contributed by atoms with Crippen LogP contribution in [0.25, 0.3) is 0 Å². The number of nitrogens with one attached hydrogen (secondary N) is 2. The molecule has 138 valence electrons. The molecule has 0 bridgehead atoms. The van der Waals surface area contributed by atoms with E-state index in [1.54, 1.807) is 11.8 Å². The Labute approximate surface area is 154 Å². The summed E-state index contributed by atoms with van der Waals surface area (Å²) in [7, 11) is 0. The van der Waals surface area contributed by atoms with Gasteiger partial charge in [0.1, 0.15) is 6.04 Å². The van der Waals surface area contributed by atoms with E-state index in [0.717, 1.165) is 18.8 Å². The summed E-state index contributed by atoms with van der Waals surface area (Å²) in [6.45, 7) is 9.07. The van der Waals surface area contributed by atoms with Gasteiger partial charge in [-0.3, -0.25) is 4.79 Å². The molecule has 2 N–H and O–H groups in total. The summed E-state index contributed by atoms with van der Waals surface area (Å²) >= 11 is 6.04. The number of anilines is 1. The summed E-state index contributed by atoms with van der Waals surface area (Å²) in [4.78, 5) is 28.3. The Kier molecular flexibility index (Phi) is 6.93. The Morgan fingerprint density at radius 3 is 2.44 bits per heavy atom. The highest BCUT2D eigenvalue weighted by Crippen LogP contribution is 2.20. The monoisotopic (exact) mass is 366 g/mol. The van der Waals surface area contributed by atoms with Gasteiger partial charge in [-0.1, -0.05) is 31.5 Å². The van der Waals surface area contributed by atoms with Crippen LogP contribution in [-0.2, 0) is 4.79 Å². The number of hydrogen-bond acceptors (Lipinski definition) is 3. The van der Waals surface area contributed by atoms with Crippen LogP contribution in [0.2, 0.25) is 5.02 Å². The number of carbonyl (C=O) groups is 2. The lowest BCUT2D eigenvalue weighted by atomic mass is 10.2. The summed E-state index contributed by atoms with van der Waals surface area (Å²) in [6.07, 6.45) is 0. The average molecular weight is 367 g/mol. The molecule has 1 atom stereocenters. The molecule has 0 aliphatic carbocycles. The maximum atomic E-state index is 12.3. The van der Waals surface area contributed by atoms with Crippen molar-refractivity contribution in [2.45, 2.75) is 26.8 Å². The summed E-state index contributed by atoms with van der Waals surface area (Å²) in [5.74, 6) is 0.228. The predicted molar refractivity (Wildman–Crippen MR) is 101 cm³/mol. The molecule has 6 nitrogen and oxygen atoms in total. The number of urea groups is 1.